The van der Waals surface area contributed by atoms with Crippen molar-refractivity contribution in [1.82, 2.24) is 15.1 Å². The molecule has 0 bridgehead atoms. The van der Waals surface area contributed by atoms with Gasteiger partial charge < -0.3 is 20.0 Å². The molecule has 10 nitrogen and oxygen atoms in total. The van der Waals surface area contributed by atoms with Crippen molar-refractivity contribution < 1.29 is 27.6 Å². The fourth-order valence-corrected chi connectivity index (χ4v) is 6.80. The fraction of sp³-hybridized carbons (Fsp3) is 0.467. The van der Waals surface area contributed by atoms with Crippen molar-refractivity contribution in [3.8, 4) is 0 Å². The minimum absolute atomic E-state index is 0.0997. The summed E-state index contributed by atoms with van der Waals surface area (Å²) in [5.74, 6) is -1.67. The van der Waals surface area contributed by atoms with Gasteiger partial charge in [0.25, 0.3) is 5.91 Å². The van der Waals surface area contributed by atoms with E-state index in [1.165, 1.54) is 21.9 Å². The molecule has 0 aromatic heterocycles. The number of amides is 3. The molecule has 1 unspecified atom stereocenters. The number of hydrogen-bond acceptors (Lipinski definition) is 7. The Labute approximate surface area is 241 Å². The Morgan fingerprint density at radius 3 is 2.27 bits per heavy atom. The second-order valence-corrected chi connectivity index (χ2v) is 13.4. The van der Waals surface area contributed by atoms with Crippen molar-refractivity contribution in [3.05, 3.63) is 60.2 Å². The highest BCUT2D eigenvalue weighted by Gasteiger charge is 2.52. The molecule has 0 saturated carbocycles. The molecule has 11 heteroatoms. The lowest BCUT2D eigenvalue weighted by atomic mass is 10.0. The molecule has 41 heavy (non-hydrogen) atoms. The summed E-state index contributed by atoms with van der Waals surface area (Å²) in [5, 5.41) is 2.87. The van der Waals surface area contributed by atoms with Crippen LogP contribution in [-0.4, -0.2) is 92.8 Å². The van der Waals surface area contributed by atoms with E-state index in [9.17, 15) is 27.6 Å². The van der Waals surface area contributed by atoms with E-state index in [2.05, 4.69) is 5.32 Å². The van der Waals surface area contributed by atoms with E-state index in [-0.39, 0.29) is 53.7 Å². The molecule has 1 N–H and O–H groups in total. The van der Waals surface area contributed by atoms with Crippen LogP contribution in [-0.2, 0) is 24.2 Å². The zero-order valence-electron chi connectivity index (χ0n) is 23.9. The van der Waals surface area contributed by atoms with Crippen LogP contribution in [0, 0.1) is 5.92 Å². The van der Waals surface area contributed by atoms with Crippen LogP contribution in [0.4, 0.5) is 5.69 Å². The maximum absolute atomic E-state index is 13.7. The second-order valence-electron chi connectivity index (χ2n) is 11.3. The number of ketones is 1. The lowest BCUT2D eigenvalue weighted by Crippen LogP contribution is -2.53. The molecule has 2 fully saturated rings. The van der Waals surface area contributed by atoms with Gasteiger partial charge in [0.1, 0.15) is 12.1 Å². The average Bonchev–Trinajstić information content (AvgIpc) is 3.52. The molecule has 0 radical (unpaired) electrons. The van der Waals surface area contributed by atoms with Crippen molar-refractivity contribution in [2.45, 2.75) is 56.1 Å². The third-order valence-electron chi connectivity index (χ3n) is 7.67. The molecule has 2 heterocycles. The van der Waals surface area contributed by atoms with Crippen molar-refractivity contribution in [2.24, 2.45) is 5.92 Å². The quantitative estimate of drug-likeness (QED) is 0.455. The minimum Gasteiger partial charge on any atom is -0.378 e. The number of fused-ring (bicyclic) bond motifs is 1. The number of hydrogen-bond donors (Lipinski definition) is 1. The molecular weight excluding hydrogens is 544 g/mol. The lowest BCUT2D eigenvalue weighted by Gasteiger charge is -2.29. The van der Waals surface area contributed by atoms with E-state index in [0.29, 0.717) is 18.4 Å². The van der Waals surface area contributed by atoms with Crippen LogP contribution in [0.3, 0.4) is 0 Å². The van der Waals surface area contributed by atoms with Crippen molar-refractivity contribution in [1.29, 1.82) is 0 Å². The number of benzene rings is 2. The predicted octanol–water partition coefficient (Wildman–Crippen LogP) is 2.14. The van der Waals surface area contributed by atoms with Crippen LogP contribution in [0.1, 0.15) is 43.5 Å². The van der Waals surface area contributed by atoms with Gasteiger partial charge in [0.2, 0.25) is 11.8 Å². The zero-order valence-corrected chi connectivity index (χ0v) is 24.8. The zero-order chi connectivity index (χ0) is 29.9. The maximum atomic E-state index is 13.7. The number of nitrogens with zero attached hydrogens (tertiary/aromatic N) is 3. The van der Waals surface area contributed by atoms with Crippen molar-refractivity contribution in [3.63, 3.8) is 0 Å². The van der Waals surface area contributed by atoms with Crippen LogP contribution in [0.5, 0.6) is 0 Å². The summed E-state index contributed by atoms with van der Waals surface area (Å²) < 4.78 is 25.3. The largest absolute Gasteiger partial charge is 0.378 e. The van der Waals surface area contributed by atoms with Crippen LogP contribution in [0.25, 0.3) is 0 Å². The summed E-state index contributed by atoms with van der Waals surface area (Å²) in [7, 11) is 0.160. The van der Waals surface area contributed by atoms with Gasteiger partial charge in [0.05, 0.1) is 23.2 Å². The van der Waals surface area contributed by atoms with Gasteiger partial charge in [-0.3, -0.25) is 19.2 Å². The van der Waals surface area contributed by atoms with Crippen LogP contribution in [0.2, 0.25) is 0 Å². The summed E-state index contributed by atoms with van der Waals surface area (Å²) in [6.07, 6.45) is 0.552. The first-order chi connectivity index (χ1) is 19.4. The first-order valence-corrected chi connectivity index (χ1v) is 15.5. The number of carbonyl (C=O) groups is 4. The number of Topliss-reactive ketones (excluding diaryl/α,β-unsaturated/α-hetero) is 1. The predicted molar refractivity (Wildman–Crippen MR) is 155 cm³/mol. The minimum atomic E-state index is -3.65. The van der Waals surface area contributed by atoms with Gasteiger partial charge in [0, 0.05) is 38.3 Å². The monoisotopic (exact) mass is 582 g/mol. The summed E-state index contributed by atoms with van der Waals surface area (Å²) in [6.45, 7) is 4.02. The fourth-order valence-electron chi connectivity index (χ4n) is 5.55. The lowest BCUT2D eigenvalue weighted by molar-refractivity contribution is -0.138. The SMILES string of the molecule is CC(C)CC(NC(=O)c1ccc(N(C)C)cc1)C(=O)N1CC[C@@H]2[C@H]1C(=O)CN2C(=O)CCS(=O)(=O)c1ccccc1. The number of likely N-dealkylation sites (tertiary alicyclic amines) is 2. The summed E-state index contributed by atoms with van der Waals surface area (Å²) in [5.41, 5.74) is 1.37. The highest BCUT2D eigenvalue weighted by Crippen LogP contribution is 2.31. The number of nitrogens with one attached hydrogen (secondary N) is 1. The Hall–Kier alpha value is -3.73. The Balaban J connectivity index is 1.43. The highest BCUT2D eigenvalue weighted by molar-refractivity contribution is 7.91. The number of carbonyl (C=O) groups excluding carboxylic acids is 4. The van der Waals surface area contributed by atoms with E-state index < -0.39 is 33.9 Å². The second kappa shape index (κ2) is 12.4. The van der Waals surface area contributed by atoms with Crippen LogP contribution in [0.15, 0.2) is 59.5 Å². The molecule has 3 amide bonds. The van der Waals surface area contributed by atoms with Gasteiger partial charge in [-0.2, -0.15) is 0 Å². The van der Waals surface area contributed by atoms with Crippen LogP contribution >= 0.6 is 0 Å². The third kappa shape index (κ3) is 6.78. The molecule has 4 rings (SSSR count). The van der Waals surface area contributed by atoms with Crippen molar-refractivity contribution >= 4 is 39.0 Å². The summed E-state index contributed by atoms with van der Waals surface area (Å²) >= 11 is 0. The standard InChI is InChI=1S/C30H38N4O6S/c1-20(2)18-24(31-29(37)21-10-12-22(13-11-21)32(3)4)30(38)33-16-14-25-28(33)26(35)19-34(25)27(36)15-17-41(39,40)23-8-6-5-7-9-23/h5-13,20,24-25,28H,14-19H2,1-4H3,(H,31,37)/t24?,25-,28+/m1/s1. The number of rotatable bonds is 10. The Morgan fingerprint density at radius 1 is 1.00 bits per heavy atom. The summed E-state index contributed by atoms with van der Waals surface area (Å²) in [4.78, 5) is 57.9. The number of anilines is 1. The van der Waals surface area contributed by atoms with Gasteiger partial charge in [-0.15, -0.1) is 0 Å². The topological polar surface area (TPSA) is 124 Å². The van der Waals surface area contributed by atoms with Crippen LogP contribution < -0.4 is 10.2 Å². The van der Waals surface area contributed by atoms with Gasteiger partial charge in [-0.25, -0.2) is 8.42 Å². The third-order valence-corrected chi connectivity index (χ3v) is 9.40. The molecule has 0 aliphatic carbocycles. The summed E-state index contributed by atoms with van der Waals surface area (Å²) in [6, 6.07) is 12.9. The molecule has 2 aliphatic rings. The Bertz CT molecular complexity index is 1390. The molecular formula is C30H38N4O6S. The van der Waals surface area contributed by atoms with E-state index in [4.69, 9.17) is 0 Å². The number of sulfone groups is 1. The molecule has 220 valence electrons. The Morgan fingerprint density at radius 2 is 1.66 bits per heavy atom. The smallest absolute Gasteiger partial charge is 0.251 e. The van der Waals surface area contributed by atoms with E-state index in [0.717, 1.165) is 5.69 Å². The molecule has 0 spiro atoms. The normalized spacial score (nSPS) is 19.3. The van der Waals surface area contributed by atoms with E-state index in [1.54, 1.807) is 30.3 Å². The maximum Gasteiger partial charge on any atom is 0.251 e. The molecule has 2 aliphatic heterocycles. The van der Waals surface area contributed by atoms with Gasteiger partial charge >= 0.3 is 0 Å². The van der Waals surface area contributed by atoms with E-state index in [1.807, 2.05) is 45.0 Å². The molecule has 2 saturated heterocycles. The molecule has 2 aromatic rings. The van der Waals surface area contributed by atoms with E-state index >= 15 is 0 Å². The van der Waals surface area contributed by atoms with Gasteiger partial charge in [0.15, 0.2) is 15.6 Å². The van der Waals surface area contributed by atoms with Crippen molar-refractivity contribution in [2.75, 3.05) is 37.8 Å². The first-order valence-electron chi connectivity index (χ1n) is 13.9. The first kappa shape index (κ1) is 30.2. The average molecular weight is 583 g/mol. The Kier molecular flexibility index (Phi) is 9.16. The van der Waals surface area contributed by atoms with Gasteiger partial charge in [-0.05, 0) is 55.2 Å². The highest BCUT2D eigenvalue weighted by atomic mass is 32.2. The molecule has 2 aromatic carbocycles. The van der Waals surface area contributed by atoms with Gasteiger partial charge in [-0.1, -0.05) is 32.0 Å². The molecule has 3 atom stereocenters.